The number of aliphatic carboxylic acids is 1. The van der Waals surface area contributed by atoms with Crippen LogP contribution in [0.5, 0.6) is 5.75 Å². The molecule has 0 atom stereocenters. The maximum atomic E-state index is 11.1. The predicted molar refractivity (Wildman–Crippen MR) is 88.6 cm³/mol. The molecular weight excluding hydrogens is 332 g/mol. The Morgan fingerprint density at radius 1 is 1.29 bits per heavy atom. The van der Waals surface area contributed by atoms with Gasteiger partial charge in [0, 0.05) is 6.20 Å². The number of phenols is 1. The smallest absolute Gasteiger partial charge is 0.309 e. The van der Waals surface area contributed by atoms with Crippen molar-refractivity contribution < 1.29 is 15.0 Å². The standard InChI is InChI=1S/C16H13ClN4O3/c1-9-2-4-13(22)11(6-9)19-20-16-12(7-15(23)24)18-14-5-3-10(17)8-21(14)16/h2-6,8,22H,7H2,1H3,(H,23,24). The van der Waals surface area contributed by atoms with Gasteiger partial charge in [-0.15, -0.1) is 10.2 Å². The predicted octanol–water partition coefficient (Wildman–Crippen LogP) is 4.04. The number of carboxylic acids is 1. The van der Waals surface area contributed by atoms with Gasteiger partial charge < -0.3 is 10.2 Å². The van der Waals surface area contributed by atoms with Crippen LogP contribution in [0.2, 0.25) is 5.02 Å². The molecule has 3 rings (SSSR count). The average molecular weight is 345 g/mol. The lowest BCUT2D eigenvalue weighted by Crippen LogP contribution is -2.00. The molecule has 0 aliphatic rings. The highest BCUT2D eigenvalue weighted by molar-refractivity contribution is 6.30. The number of carbonyl (C=O) groups is 1. The van der Waals surface area contributed by atoms with Gasteiger partial charge in [0.1, 0.15) is 17.1 Å². The van der Waals surface area contributed by atoms with Crippen LogP contribution in [0.3, 0.4) is 0 Å². The van der Waals surface area contributed by atoms with Crippen molar-refractivity contribution in [2.45, 2.75) is 13.3 Å². The van der Waals surface area contributed by atoms with E-state index in [1.807, 2.05) is 6.92 Å². The second-order valence-corrected chi connectivity index (χ2v) is 5.66. The van der Waals surface area contributed by atoms with E-state index in [-0.39, 0.29) is 29.4 Å². The molecular formula is C16H13ClN4O3. The summed E-state index contributed by atoms with van der Waals surface area (Å²) >= 11 is 5.99. The van der Waals surface area contributed by atoms with Gasteiger partial charge >= 0.3 is 5.97 Å². The monoisotopic (exact) mass is 344 g/mol. The Bertz CT molecular complexity index is 965. The van der Waals surface area contributed by atoms with Gasteiger partial charge in [-0.1, -0.05) is 17.7 Å². The number of pyridine rings is 1. The van der Waals surface area contributed by atoms with Gasteiger partial charge in [-0.05, 0) is 36.8 Å². The zero-order chi connectivity index (χ0) is 17.3. The third-order valence-corrected chi connectivity index (χ3v) is 3.55. The second kappa shape index (κ2) is 6.29. The van der Waals surface area contributed by atoms with E-state index >= 15 is 0 Å². The highest BCUT2D eigenvalue weighted by Crippen LogP contribution is 2.31. The lowest BCUT2D eigenvalue weighted by molar-refractivity contribution is -0.136. The molecule has 0 bridgehead atoms. The minimum absolute atomic E-state index is 0.0176. The molecule has 24 heavy (non-hydrogen) atoms. The molecule has 1 aromatic carbocycles. The number of nitrogens with zero attached hydrogens (tertiary/aromatic N) is 4. The lowest BCUT2D eigenvalue weighted by atomic mass is 10.2. The van der Waals surface area contributed by atoms with Crippen LogP contribution in [0, 0.1) is 6.92 Å². The van der Waals surface area contributed by atoms with Gasteiger partial charge in [0.05, 0.1) is 17.1 Å². The number of carboxylic acid groups (broad SMARTS) is 1. The number of rotatable bonds is 4. The normalized spacial score (nSPS) is 11.4. The van der Waals surface area contributed by atoms with Crippen molar-refractivity contribution in [3.05, 3.63) is 52.8 Å². The maximum absolute atomic E-state index is 11.1. The number of aromatic nitrogens is 2. The third-order valence-electron chi connectivity index (χ3n) is 3.33. The van der Waals surface area contributed by atoms with Crippen LogP contribution in [-0.2, 0) is 11.2 Å². The van der Waals surface area contributed by atoms with E-state index < -0.39 is 5.97 Å². The molecule has 2 N–H and O–H groups in total. The number of halogens is 1. The molecule has 0 aliphatic carbocycles. The Labute approximate surface area is 141 Å². The summed E-state index contributed by atoms with van der Waals surface area (Å²) in [4.78, 5) is 15.3. The largest absolute Gasteiger partial charge is 0.506 e. The van der Waals surface area contributed by atoms with Crippen LogP contribution in [-0.4, -0.2) is 25.6 Å². The summed E-state index contributed by atoms with van der Waals surface area (Å²) in [6.45, 7) is 1.86. The van der Waals surface area contributed by atoms with E-state index in [2.05, 4.69) is 15.2 Å². The number of aryl methyl sites for hydroxylation is 1. The Morgan fingerprint density at radius 2 is 2.08 bits per heavy atom. The van der Waals surface area contributed by atoms with Gasteiger partial charge in [-0.3, -0.25) is 9.20 Å². The molecule has 122 valence electrons. The Morgan fingerprint density at radius 3 is 2.83 bits per heavy atom. The molecule has 0 fully saturated rings. The van der Waals surface area contributed by atoms with Crippen LogP contribution in [0.1, 0.15) is 11.3 Å². The molecule has 3 aromatic rings. The molecule has 0 radical (unpaired) electrons. The summed E-state index contributed by atoms with van der Waals surface area (Å²) < 4.78 is 1.57. The van der Waals surface area contributed by atoms with E-state index in [1.54, 1.807) is 34.9 Å². The minimum Gasteiger partial charge on any atom is -0.506 e. The Kier molecular flexibility index (Phi) is 4.18. The van der Waals surface area contributed by atoms with Crippen molar-refractivity contribution in [1.29, 1.82) is 0 Å². The summed E-state index contributed by atoms with van der Waals surface area (Å²) in [5.74, 6) is -0.786. The summed E-state index contributed by atoms with van der Waals surface area (Å²) in [5.41, 5.74) is 1.97. The van der Waals surface area contributed by atoms with Crippen molar-refractivity contribution >= 4 is 34.7 Å². The Hall–Kier alpha value is -2.93. The van der Waals surface area contributed by atoms with E-state index in [0.29, 0.717) is 10.7 Å². The van der Waals surface area contributed by atoms with Gasteiger partial charge in [-0.25, -0.2) is 4.98 Å². The topological polar surface area (TPSA) is 99.5 Å². The number of imidazole rings is 1. The molecule has 0 saturated heterocycles. The van der Waals surface area contributed by atoms with Crippen molar-refractivity contribution in [1.82, 2.24) is 9.38 Å². The summed E-state index contributed by atoms with van der Waals surface area (Å²) in [7, 11) is 0. The highest BCUT2D eigenvalue weighted by atomic mass is 35.5. The molecule has 2 heterocycles. The molecule has 7 nitrogen and oxygen atoms in total. The lowest BCUT2D eigenvalue weighted by Gasteiger charge is -2.00. The SMILES string of the molecule is Cc1ccc(O)c(N=Nc2c(CC(=O)O)nc3ccc(Cl)cn23)c1. The average Bonchev–Trinajstić information content (AvgIpc) is 2.84. The van der Waals surface area contributed by atoms with Gasteiger partial charge in [0.15, 0.2) is 5.82 Å². The van der Waals surface area contributed by atoms with Crippen molar-refractivity contribution in [3.8, 4) is 5.75 Å². The fraction of sp³-hybridized carbons (Fsp3) is 0.125. The van der Waals surface area contributed by atoms with Gasteiger partial charge in [0.2, 0.25) is 0 Å². The second-order valence-electron chi connectivity index (χ2n) is 5.22. The van der Waals surface area contributed by atoms with Crippen LogP contribution >= 0.6 is 11.6 Å². The van der Waals surface area contributed by atoms with E-state index in [0.717, 1.165) is 5.56 Å². The molecule has 8 heteroatoms. The highest BCUT2D eigenvalue weighted by Gasteiger charge is 2.15. The van der Waals surface area contributed by atoms with E-state index in [1.165, 1.54) is 6.07 Å². The van der Waals surface area contributed by atoms with E-state index in [4.69, 9.17) is 16.7 Å². The molecule has 0 spiro atoms. The van der Waals surface area contributed by atoms with E-state index in [9.17, 15) is 9.90 Å². The number of aromatic hydroxyl groups is 1. The molecule has 0 aliphatic heterocycles. The summed E-state index contributed by atoms with van der Waals surface area (Å²) in [6, 6.07) is 8.26. The number of fused-ring (bicyclic) bond motifs is 1. The molecule has 2 aromatic heterocycles. The number of hydrogen-bond acceptors (Lipinski definition) is 5. The van der Waals surface area contributed by atoms with Crippen molar-refractivity contribution in [3.63, 3.8) is 0 Å². The fourth-order valence-electron chi connectivity index (χ4n) is 2.24. The van der Waals surface area contributed by atoms with Crippen LogP contribution < -0.4 is 0 Å². The number of hydrogen-bond donors (Lipinski definition) is 2. The van der Waals surface area contributed by atoms with Gasteiger partial charge in [0.25, 0.3) is 0 Å². The fourth-order valence-corrected chi connectivity index (χ4v) is 2.40. The summed E-state index contributed by atoms with van der Waals surface area (Å²) in [5, 5.41) is 27.5. The zero-order valence-electron chi connectivity index (χ0n) is 12.6. The van der Waals surface area contributed by atoms with Crippen LogP contribution in [0.25, 0.3) is 5.65 Å². The molecule has 0 unspecified atom stereocenters. The molecule has 0 saturated carbocycles. The maximum Gasteiger partial charge on any atom is 0.309 e. The third kappa shape index (κ3) is 3.21. The quantitative estimate of drug-likeness (QED) is 0.697. The van der Waals surface area contributed by atoms with Crippen LogP contribution in [0.15, 0.2) is 46.8 Å². The first kappa shape index (κ1) is 15.9. The van der Waals surface area contributed by atoms with Crippen molar-refractivity contribution in [2.24, 2.45) is 10.2 Å². The first-order valence-electron chi connectivity index (χ1n) is 7.03. The zero-order valence-corrected chi connectivity index (χ0v) is 13.4. The minimum atomic E-state index is -1.03. The summed E-state index contributed by atoms with van der Waals surface area (Å²) in [6.07, 6.45) is 1.28. The van der Waals surface area contributed by atoms with Crippen LogP contribution in [0.4, 0.5) is 11.5 Å². The first-order valence-corrected chi connectivity index (χ1v) is 7.41. The van der Waals surface area contributed by atoms with Crippen molar-refractivity contribution in [2.75, 3.05) is 0 Å². The number of phenolic OH excluding ortho intramolecular Hbond substituents is 1. The molecule has 0 amide bonds. The number of benzene rings is 1. The number of azo groups is 1. The Balaban J connectivity index is 2.12. The van der Waals surface area contributed by atoms with Gasteiger partial charge in [-0.2, -0.15) is 0 Å². The first-order chi connectivity index (χ1) is 11.4.